The second-order valence-corrected chi connectivity index (χ2v) is 7.73. The molecule has 0 aliphatic carbocycles. The first kappa shape index (κ1) is 18.8. The lowest BCUT2D eigenvalue weighted by Crippen LogP contribution is -2.11. The molecule has 1 heterocycles. The number of thiazole rings is 1. The summed E-state index contributed by atoms with van der Waals surface area (Å²) in [4.78, 5) is 28.2. The maximum Gasteiger partial charge on any atom is 0.257 e. The van der Waals surface area contributed by atoms with Crippen molar-refractivity contribution in [2.45, 2.75) is 13.3 Å². The Morgan fingerprint density at radius 2 is 1.62 bits per heavy atom. The molecule has 3 aromatic carbocycles. The second-order valence-electron chi connectivity index (χ2n) is 6.70. The van der Waals surface area contributed by atoms with Gasteiger partial charge in [-0.05, 0) is 47.9 Å². The normalized spacial score (nSPS) is 10.7. The molecule has 0 spiro atoms. The standard InChI is InChI=1S/C23H19N3O2S/c1-15(27)24-19-11-12-20-21(14-19)29-23(25-20)26-22(28)18-9-7-17(8-10-18)13-16-5-3-2-4-6-16/h2-12,14H,13H2,1H3,(H,24,27)(H,25,26,28). The van der Waals surface area contributed by atoms with E-state index >= 15 is 0 Å². The average Bonchev–Trinajstić information content (AvgIpc) is 3.10. The number of rotatable bonds is 5. The number of aromatic nitrogens is 1. The van der Waals surface area contributed by atoms with E-state index in [4.69, 9.17) is 0 Å². The monoisotopic (exact) mass is 401 g/mol. The highest BCUT2D eigenvalue weighted by Crippen LogP contribution is 2.28. The van der Waals surface area contributed by atoms with Gasteiger partial charge in [0.15, 0.2) is 5.13 Å². The predicted molar refractivity (Wildman–Crippen MR) is 118 cm³/mol. The number of anilines is 2. The van der Waals surface area contributed by atoms with Gasteiger partial charge in [-0.1, -0.05) is 53.8 Å². The Morgan fingerprint density at radius 3 is 2.34 bits per heavy atom. The van der Waals surface area contributed by atoms with Crippen LogP contribution in [-0.4, -0.2) is 16.8 Å². The Labute approximate surface area is 172 Å². The Morgan fingerprint density at radius 1 is 0.897 bits per heavy atom. The zero-order valence-corrected chi connectivity index (χ0v) is 16.6. The number of fused-ring (bicyclic) bond motifs is 1. The molecule has 0 saturated heterocycles. The number of benzene rings is 3. The summed E-state index contributed by atoms with van der Waals surface area (Å²) in [7, 11) is 0. The van der Waals surface area contributed by atoms with Gasteiger partial charge in [0.1, 0.15) is 0 Å². The van der Waals surface area contributed by atoms with Crippen molar-refractivity contribution in [1.82, 2.24) is 4.98 Å². The van der Waals surface area contributed by atoms with Crippen LogP contribution in [0.2, 0.25) is 0 Å². The Balaban J connectivity index is 1.45. The predicted octanol–water partition coefficient (Wildman–Crippen LogP) is 5.10. The van der Waals surface area contributed by atoms with Crippen molar-refractivity contribution in [3.05, 3.63) is 89.5 Å². The molecule has 144 valence electrons. The van der Waals surface area contributed by atoms with Crippen molar-refractivity contribution in [3.63, 3.8) is 0 Å². The molecule has 0 unspecified atom stereocenters. The van der Waals surface area contributed by atoms with Gasteiger partial charge in [-0.3, -0.25) is 14.9 Å². The SMILES string of the molecule is CC(=O)Nc1ccc2nc(NC(=O)c3ccc(Cc4ccccc4)cc3)sc2c1. The summed E-state index contributed by atoms with van der Waals surface area (Å²) in [6.45, 7) is 1.47. The van der Waals surface area contributed by atoms with Gasteiger partial charge in [0.05, 0.1) is 10.2 Å². The highest BCUT2D eigenvalue weighted by Gasteiger charge is 2.11. The second kappa shape index (κ2) is 8.24. The van der Waals surface area contributed by atoms with Gasteiger partial charge in [0.25, 0.3) is 5.91 Å². The zero-order chi connectivity index (χ0) is 20.2. The van der Waals surface area contributed by atoms with Crippen molar-refractivity contribution in [2.24, 2.45) is 0 Å². The van der Waals surface area contributed by atoms with Crippen LogP contribution in [0.5, 0.6) is 0 Å². The van der Waals surface area contributed by atoms with E-state index in [0.29, 0.717) is 16.4 Å². The van der Waals surface area contributed by atoms with Crippen LogP contribution in [0.1, 0.15) is 28.4 Å². The smallest absolute Gasteiger partial charge is 0.257 e. The van der Waals surface area contributed by atoms with E-state index in [-0.39, 0.29) is 11.8 Å². The lowest BCUT2D eigenvalue weighted by Gasteiger charge is -2.05. The molecule has 4 aromatic rings. The third-order valence-electron chi connectivity index (χ3n) is 4.40. The number of hydrogen-bond donors (Lipinski definition) is 2. The van der Waals surface area contributed by atoms with Crippen LogP contribution >= 0.6 is 11.3 Å². The van der Waals surface area contributed by atoms with Gasteiger partial charge in [-0.2, -0.15) is 0 Å². The fourth-order valence-corrected chi connectivity index (χ4v) is 3.93. The number of carbonyl (C=O) groups is 2. The fraction of sp³-hybridized carbons (Fsp3) is 0.0870. The molecule has 29 heavy (non-hydrogen) atoms. The third-order valence-corrected chi connectivity index (χ3v) is 5.33. The largest absolute Gasteiger partial charge is 0.326 e. The topological polar surface area (TPSA) is 71.1 Å². The average molecular weight is 401 g/mol. The lowest BCUT2D eigenvalue weighted by molar-refractivity contribution is -0.114. The molecule has 0 atom stereocenters. The molecule has 0 aliphatic rings. The first-order valence-electron chi connectivity index (χ1n) is 9.19. The van der Waals surface area contributed by atoms with E-state index in [1.807, 2.05) is 54.6 Å². The molecular weight excluding hydrogens is 382 g/mol. The van der Waals surface area contributed by atoms with Crippen LogP contribution in [0, 0.1) is 0 Å². The molecule has 5 nitrogen and oxygen atoms in total. The van der Waals surface area contributed by atoms with Crippen LogP contribution in [0.15, 0.2) is 72.8 Å². The van der Waals surface area contributed by atoms with Crippen LogP contribution in [0.4, 0.5) is 10.8 Å². The van der Waals surface area contributed by atoms with E-state index in [0.717, 1.165) is 22.2 Å². The number of carbonyl (C=O) groups excluding carboxylic acids is 2. The van der Waals surface area contributed by atoms with E-state index in [1.165, 1.54) is 23.8 Å². The van der Waals surface area contributed by atoms with Gasteiger partial charge in [0.2, 0.25) is 5.91 Å². The Hall–Kier alpha value is -3.51. The molecule has 0 radical (unpaired) electrons. The molecule has 2 amide bonds. The fourth-order valence-electron chi connectivity index (χ4n) is 3.03. The summed E-state index contributed by atoms with van der Waals surface area (Å²) < 4.78 is 0.893. The van der Waals surface area contributed by atoms with Crippen molar-refractivity contribution < 1.29 is 9.59 Å². The summed E-state index contributed by atoms with van der Waals surface area (Å²) >= 11 is 1.37. The van der Waals surface area contributed by atoms with E-state index in [9.17, 15) is 9.59 Å². The van der Waals surface area contributed by atoms with Gasteiger partial charge >= 0.3 is 0 Å². The molecule has 0 bridgehead atoms. The number of nitrogens with zero attached hydrogens (tertiary/aromatic N) is 1. The molecule has 1 aromatic heterocycles. The lowest BCUT2D eigenvalue weighted by atomic mass is 10.0. The maximum atomic E-state index is 12.6. The number of nitrogens with one attached hydrogen (secondary N) is 2. The minimum atomic E-state index is -0.197. The Kier molecular flexibility index (Phi) is 5.35. The van der Waals surface area contributed by atoms with Crippen LogP contribution in [-0.2, 0) is 11.2 Å². The first-order valence-corrected chi connectivity index (χ1v) is 10.0. The Bertz CT molecular complexity index is 1170. The van der Waals surface area contributed by atoms with Crippen molar-refractivity contribution in [3.8, 4) is 0 Å². The first-order chi connectivity index (χ1) is 14.1. The zero-order valence-electron chi connectivity index (χ0n) is 15.8. The van der Waals surface area contributed by atoms with E-state index < -0.39 is 0 Å². The van der Waals surface area contributed by atoms with Gasteiger partial charge in [-0.15, -0.1) is 0 Å². The van der Waals surface area contributed by atoms with Gasteiger partial charge < -0.3 is 5.32 Å². The third kappa shape index (κ3) is 4.67. The molecule has 6 heteroatoms. The van der Waals surface area contributed by atoms with Crippen LogP contribution in [0.25, 0.3) is 10.2 Å². The van der Waals surface area contributed by atoms with E-state index in [1.54, 1.807) is 6.07 Å². The minimum absolute atomic E-state index is 0.127. The molecule has 0 aliphatic heterocycles. The molecular formula is C23H19N3O2S. The minimum Gasteiger partial charge on any atom is -0.326 e. The summed E-state index contributed by atoms with van der Waals surface area (Å²) in [5.74, 6) is -0.324. The molecule has 0 saturated carbocycles. The molecule has 2 N–H and O–H groups in total. The van der Waals surface area contributed by atoms with Crippen molar-refractivity contribution >= 4 is 44.2 Å². The summed E-state index contributed by atoms with van der Waals surface area (Å²) in [5, 5.41) is 6.13. The summed E-state index contributed by atoms with van der Waals surface area (Å²) in [5.41, 5.74) is 4.45. The number of hydrogen-bond acceptors (Lipinski definition) is 4. The highest BCUT2D eigenvalue weighted by molar-refractivity contribution is 7.22. The van der Waals surface area contributed by atoms with Crippen LogP contribution in [0.3, 0.4) is 0 Å². The van der Waals surface area contributed by atoms with Crippen molar-refractivity contribution in [1.29, 1.82) is 0 Å². The highest BCUT2D eigenvalue weighted by atomic mass is 32.1. The van der Waals surface area contributed by atoms with E-state index in [2.05, 4.69) is 27.8 Å². The van der Waals surface area contributed by atoms with Gasteiger partial charge in [-0.25, -0.2) is 4.98 Å². The quantitative estimate of drug-likeness (QED) is 0.489. The van der Waals surface area contributed by atoms with Crippen molar-refractivity contribution in [2.75, 3.05) is 10.6 Å². The summed E-state index contributed by atoms with van der Waals surface area (Å²) in [6, 6.07) is 23.3. The van der Waals surface area contributed by atoms with Gasteiger partial charge in [0, 0.05) is 18.2 Å². The molecule has 4 rings (SSSR count). The maximum absolute atomic E-state index is 12.6. The summed E-state index contributed by atoms with van der Waals surface area (Å²) in [6.07, 6.45) is 0.831. The van der Waals surface area contributed by atoms with Crippen LogP contribution < -0.4 is 10.6 Å². The molecule has 0 fully saturated rings. The number of amides is 2.